The first-order valence-electron chi connectivity index (χ1n) is 20.6. The Kier molecular flexibility index (Phi) is 9.14. The molecule has 0 aliphatic heterocycles. The third kappa shape index (κ3) is 6.96. The van der Waals surface area contributed by atoms with Crippen LogP contribution in [0.5, 0.6) is 0 Å². The summed E-state index contributed by atoms with van der Waals surface area (Å²) < 4.78 is 2.35. The number of fused-ring (bicyclic) bond motifs is 3. The highest BCUT2D eigenvalue weighted by Gasteiger charge is 2.17. The first-order valence-corrected chi connectivity index (χ1v) is 20.6. The van der Waals surface area contributed by atoms with Crippen LogP contribution >= 0.6 is 0 Å². The molecule has 0 aliphatic rings. The highest BCUT2D eigenvalue weighted by atomic mass is 15.0. The fourth-order valence-electron chi connectivity index (χ4n) is 8.37. The van der Waals surface area contributed by atoms with E-state index in [1.807, 2.05) is 36.4 Å². The molecule has 0 saturated heterocycles. The number of aromatic nitrogens is 4. The fraction of sp³-hybridized carbons (Fsp3) is 0. The number of para-hydroxylation sites is 1. The van der Waals surface area contributed by atoms with Gasteiger partial charge in [0, 0.05) is 33.2 Å². The monoisotopic (exact) mass is 778 g/mol. The van der Waals surface area contributed by atoms with Gasteiger partial charge in [-0.15, -0.1) is 0 Å². The molecule has 11 aromatic rings. The van der Waals surface area contributed by atoms with E-state index in [1.54, 1.807) is 0 Å². The van der Waals surface area contributed by atoms with Crippen molar-refractivity contribution < 1.29 is 0 Å². The van der Waals surface area contributed by atoms with Crippen molar-refractivity contribution in [2.75, 3.05) is 0 Å². The van der Waals surface area contributed by atoms with Crippen LogP contribution in [0.2, 0.25) is 0 Å². The molecule has 0 fully saturated rings. The van der Waals surface area contributed by atoms with Crippen LogP contribution in [0, 0.1) is 0 Å². The Hall–Kier alpha value is -8.21. The van der Waals surface area contributed by atoms with Crippen molar-refractivity contribution in [1.29, 1.82) is 0 Å². The maximum absolute atomic E-state index is 5.16. The van der Waals surface area contributed by atoms with E-state index in [2.05, 4.69) is 199 Å². The lowest BCUT2D eigenvalue weighted by Gasteiger charge is -2.12. The van der Waals surface area contributed by atoms with E-state index in [0.717, 1.165) is 44.5 Å². The minimum atomic E-state index is 0.621. The summed E-state index contributed by atoms with van der Waals surface area (Å²) in [7, 11) is 0. The molecule has 9 aromatic carbocycles. The molecule has 0 saturated carbocycles. The molecule has 0 spiro atoms. The molecular formula is C57H38N4. The third-order valence-electron chi connectivity index (χ3n) is 11.5. The molecule has 0 radical (unpaired) electrons. The van der Waals surface area contributed by atoms with Gasteiger partial charge < -0.3 is 4.57 Å². The fourth-order valence-corrected chi connectivity index (χ4v) is 8.37. The molecule has 0 bridgehead atoms. The van der Waals surface area contributed by atoms with Gasteiger partial charge in [0.25, 0.3) is 0 Å². The van der Waals surface area contributed by atoms with Gasteiger partial charge in [-0.25, -0.2) is 15.0 Å². The number of hydrogen-bond acceptors (Lipinski definition) is 3. The summed E-state index contributed by atoms with van der Waals surface area (Å²) in [4.78, 5) is 15.3. The highest BCUT2D eigenvalue weighted by Crippen LogP contribution is 2.36. The van der Waals surface area contributed by atoms with Crippen LogP contribution in [-0.4, -0.2) is 19.5 Å². The summed E-state index contributed by atoms with van der Waals surface area (Å²) in [6.45, 7) is 0. The lowest BCUT2D eigenvalue weighted by molar-refractivity contribution is 1.07. The van der Waals surface area contributed by atoms with Gasteiger partial charge in [-0.1, -0.05) is 194 Å². The Morgan fingerprint density at radius 1 is 0.230 bits per heavy atom. The van der Waals surface area contributed by atoms with Crippen LogP contribution in [0.4, 0.5) is 0 Å². The van der Waals surface area contributed by atoms with Crippen LogP contribution in [0.15, 0.2) is 231 Å². The smallest absolute Gasteiger partial charge is 0.164 e. The van der Waals surface area contributed by atoms with Gasteiger partial charge in [-0.3, -0.25) is 0 Å². The van der Waals surface area contributed by atoms with Gasteiger partial charge in [0.2, 0.25) is 0 Å². The topological polar surface area (TPSA) is 43.6 Å². The van der Waals surface area contributed by atoms with Crippen LogP contribution in [0.1, 0.15) is 0 Å². The average molecular weight is 779 g/mol. The van der Waals surface area contributed by atoms with Crippen LogP contribution in [0.3, 0.4) is 0 Å². The number of hydrogen-bond donors (Lipinski definition) is 0. The average Bonchev–Trinajstić information content (AvgIpc) is 3.68. The lowest BCUT2D eigenvalue weighted by atomic mass is 9.98. The summed E-state index contributed by atoms with van der Waals surface area (Å²) in [5, 5.41) is 2.36. The molecule has 2 heterocycles. The molecule has 0 atom stereocenters. The second-order valence-corrected chi connectivity index (χ2v) is 15.3. The number of rotatable bonds is 8. The standard InChI is InChI=1S/C57H38N4/c1-4-14-39(15-5-1)45-20-12-22-47(36-45)41-26-28-44(29-27-41)56-58-55(43-18-8-3-9-19-43)59-57(60-56)49-32-35-52-51-24-10-11-25-53(51)61(54(52)38-49)50-33-30-42(31-34-50)48-23-13-21-46(37-48)40-16-6-2-7-17-40/h1-38H. The predicted octanol–water partition coefficient (Wildman–Crippen LogP) is 14.6. The molecule has 61 heavy (non-hydrogen) atoms. The number of nitrogens with zero attached hydrogens (tertiary/aromatic N) is 4. The van der Waals surface area contributed by atoms with Crippen molar-refractivity contribution in [2.45, 2.75) is 0 Å². The van der Waals surface area contributed by atoms with E-state index < -0.39 is 0 Å². The predicted molar refractivity (Wildman–Crippen MR) is 252 cm³/mol. The van der Waals surface area contributed by atoms with Gasteiger partial charge in [0.05, 0.1) is 11.0 Å². The zero-order valence-electron chi connectivity index (χ0n) is 33.2. The van der Waals surface area contributed by atoms with E-state index in [4.69, 9.17) is 15.0 Å². The van der Waals surface area contributed by atoms with Crippen molar-refractivity contribution in [3.05, 3.63) is 231 Å². The summed E-state index contributed by atoms with van der Waals surface area (Å²) in [6.07, 6.45) is 0. The molecule has 0 aliphatic carbocycles. The Morgan fingerprint density at radius 2 is 0.590 bits per heavy atom. The largest absolute Gasteiger partial charge is 0.309 e. The second kappa shape index (κ2) is 15.5. The Bertz CT molecular complexity index is 3320. The van der Waals surface area contributed by atoms with Crippen molar-refractivity contribution in [3.8, 4) is 84.4 Å². The first kappa shape index (κ1) is 35.9. The molecule has 286 valence electrons. The first-order chi connectivity index (χ1) is 30.2. The third-order valence-corrected chi connectivity index (χ3v) is 11.5. The van der Waals surface area contributed by atoms with E-state index in [-0.39, 0.29) is 0 Å². The summed E-state index contributed by atoms with van der Waals surface area (Å²) in [5.74, 6) is 1.88. The molecular weight excluding hydrogens is 741 g/mol. The molecule has 0 amide bonds. The van der Waals surface area contributed by atoms with E-state index in [0.29, 0.717) is 17.5 Å². The molecule has 2 aromatic heterocycles. The van der Waals surface area contributed by atoms with Gasteiger partial charge in [0.1, 0.15) is 0 Å². The van der Waals surface area contributed by atoms with E-state index in [9.17, 15) is 0 Å². The van der Waals surface area contributed by atoms with Gasteiger partial charge in [0.15, 0.2) is 17.5 Å². The summed E-state index contributed by atoms with van der Waals surface area (Å²) >= 11 is 0. The van der Waals surface area contributed by atoms with Gasteiger partial charge in [-0.2, -0.15) is 0 Å². The zero-order valence-corrected chi connectivity index (χ0v) is 33.2. The van der Waals surface area contributed by atoms with Gasteiger partial charge in [-0.05, 0) is 80.9 Å². The maximum Gasteiger partial charge on any atom is 0.164 e. The van der Waals surface area contributed by atoms with Crippen molar-refractivity contribution in [1.82, 2.24) is 19.5 Å². The zero-order chi connectivity index (χ0) is 40.5. The SMILES string of the molecule is c1ccc(-c2cccc(-c3ccc(-c4nc(-c5ccccc5)nc(-c5ccc6c7ccccc7n(-c7ccc(-c8cccc(-c9ccccc9)c8)cc7)c6c5)n4)cc3)c2)cc1. The second-order valence-electron chi connectivity index (χ2n) is 15.3. The molecule has 4 nitrogen and oxygen atoms in total. The normalized spacial score (nSPS) is 11.3. The minimum absolute atomic E-state index is 0.621. The molecule has 11 rings (SSSR count). The van der Waals surface area contributed by atoms with Crippen LogP contribution in [0.25, 0.3) is 106 Å². The van der Waals surface area contributed by atoms with Crippen molar-refractivity contribution in [3.63, 3.8) is 0 Å². The Balaban J connectivity index is 0.986. The van der Waals surface area contributed by atoms with Crippen LogP contribution < -0.4 is 0 Å². The van der Waals surface area contributed by atoms with Crippen molar-refractivity contribution >= 4 is 21.8 Å². The van der Waals surface area contributed by atoms with Crippen molar-refractivity contribution in [2.24, 2.45) is 0 Å². The highest BCUT2D eigenvalue weighted by molar-refractivity contribution is 6.10. The molecule has 0 N–H and O–H groups in total. The van der Waals surface area contributed by atoms with Crippen LogP contribution in [-0.2, 0) is 0 Å². The van der Waals surface area contributed by atoms with Gasteiger partial charge >= 0.3 is 0 Å². The Labute approximate surface area is 354 Å². The molecule has 4 heteroatoms. The maximum atomic E-state index is 5.16. The lowest BCUT2D eigenvalue weighted by Crippen LogP contribution is -2.00. The quantitative estimate of drug-likeness (QED) is 0.154. The summed E-state index contributed by atoms with van der Waals surface area (Å²) in [5.41, 5.74) is 15.5. The minimum Gasteiger partial charge on any atom is -0.309 e. The summed E-state index contributed by atoms with van der Waals surface area (Å²) in [6, 6.07) is 81.2. The number of benzene rings is 9. The van der Waals surface area contributed by atoms with E-state index >= 15 is 0 Å². The molecule has 0 unspecified atom stereocenters. The Morgan fingerprint density at radius 3 is 1.13 bits per heavy atom. The van der Waals surface area contributed by atoms with E-state index in [1.165, 1.54) is 44.2 Å².